The molecule has 0 radical (unpaired) electrons. The summed E-state index contributed by atoms with van der Waals surface area (Å²) in [6.07, 6.45) is -9.71. The third kappa shape index (κ3) is 7.58. The summed E-state index contributed by atoms with van der Waals surface area (Å²) in [5.41, 5.74) is 0.671. The number of pyridine rings is 1. The van der Waals surface area contributed by atoms with E-state index in [1.165, 1.54) is 6.20 Å². The highest BCUT2D eigenvalue weighted by Crippen LogP contribution is 2.37. The number of benzene rings is 1. The number of halogens is 5. The molecular formula is C21H22F5N3O4. The molecule has 7 nitrogen and oxygen atoms in total. The highest BCUT2D eigenvalue weighted by molar-refractivity contribution is 5.91. The Labute approximate surface area is 186 Å². The van der Waals surface area contributed by atoms with Crippen molar-refractivity contribution in [3.63, 3.8) is 0 Å². The van der Waals surface area contributed by atoms with Crippen LogP contribution in [0.15, 0.2) is 42.6 Å². The van der Waals surface area contributed by atoms with Gasteiger partial charge in [0.15, 0.2) is 6.61 Å². The van der Waals surface area contributed by atoms with Gasteiger partial charge in [-0.3, -0.25) is 9.59 Å². The molecule has 0 aliphatic carbocycles. The van der Waals surface area contributed by atoms with Gasteiger partial charge in [-0.05, 0) is 48.9 Å². The van der Waals surface area contributed by atoms with E-state index in [1.54, 1.807) is 32.9 Å². The summed E-state index contributed by atoms with van der Waals surface area (Å²) in [7, 11) is 0. The van der Waals surface area contributed by atoms with Crippen molar-refractivity contribution in [3.8, 4) is 11.5 Å². The molecule has 0 aliphatic rings. The number of carbonyl (C=O) groups excluding carboxylic acids is 2. The first-order valence-electron chi connectivity index (χ1n) is 9.71. The number of rotatable bonds is 9. The van der Waals surface area contributed by atoms with E-state index in [0.29, 0.717) is 11.4 Å². The SMILES string of the molecule is CC(C)C(=O)Nc1cc(C(C)NC(=O)COc2ccc(OC(F)(F)C(F)(F)F)cc2)ccn1. The van der Waals surface area contributed by atoms with E-state index in [4.69, 9.17) is 4.74 Å². The summed E-state index contributed by atoms with van der Waals surface area (Å²) in [4.78, 5) is 28.0. The highest BCUT2D eigenvalue weighted by Gasteiger charge is 2.61. The van der Waals surface area contributed by atoms with E-state index in [9.17, 15) is 31.5 Å². The molecule has 0 saturated carbocycles. The number of aromatic nitrogens is 1. The van der Waals surface area contributed by atoms with Crippen LogP contribution in [0.25, 0.3) is 0 Å². The van der Waals surface area contributed by atoms with Crippen molar-refractivity contribution in [3.05, 3.63) is 48.2 Å². The Kier molecular flexibility index (Phi) is 8.18. The van der Waals surface area contributed by atoms with Gasteiger partial charge in [-0.2, -0.15) is 22.0 Å². The lowest BCUT2D eigenvalue weighted by Gasteiger charge is -2.20. The normalized spacial score (nSPS) is 12.8. The number of nitrogens with zero attached hydrogens (tertiary/aromatic N) is 1. The van der Waals surface area contributed by atoms with Gasteiger partial charge in [-0.15, -0.1) is 0 Å². The number of hydrogen-bond donors (Lipinski definition) is 2. The van der Waals surface area contributed by atoms with Crippen LogP contribution in [0.1, 0.15) is 32.4 Å². The number of nitrogens with one attached hydrogen (secondary N) is 2. The maximum atomic E-state index is 12.9. The van der Waals surface area contributed by atoms with E-state index < -0.39 is 36.6 Å². The smallest absolute Gasteiger partial charge is 0.484 e. The number of amides is 2. The van der Waals surface area contributed by atoms with Crippen molar-refractivity contribution in [2.24, 2.45) is 5.92 Å². The fraction of sp³-hybridized carbons (Fsp3) is 0.381. The summed E-state index contributed by atoms with van der Waals surface area (Å²) in [5.74, 6) is -1.28. The van der Waals surface area contributed by atoms with Crippen molar-refractivity contribution in [2.45, 2.75) is 39.1 Å². The van der Waals surface area contributed by atoms with Gasteiger partial charge in [-0.1, -0.05) is 13.8 Å². The molecule has 12 heteroatoms. The molecule has 0 aliphatic heterocycles. The van der Waals surface area contributed by atoms with Crippen LogP contribution >= 0.6 is 0 Å². The van der Waals surface area contributed by atoms with E-state index in [-0.39, 0.29) is 17.6 Å². The third-order valence-corrected chi connectivity index (χ3v) is 4.21. The first kappa shape index (κ1) is 25.8. The Morgan fingerprint density at radius 3 is 2.18 bits per heavy atom. The quantitative estimate of drug-likeness (QED) is 0.523. The monoisotopic (exact) mass is 475 g/mol. The molecule has 2 rings (SSSR count). The van der Waals surface area contributed by atoms with Gasteiger partial charge in [0.1, 0.15) is 17.3 Å². The van der Waals surface area contributed by atoms with Gasteiger partial charge >= 0.3 is 12.3 Å². The van der Waals surface area contributed by atoms with Crippen LogP contribution in [0.5, 0.6) is 11.5 Å². The second kappa shape index (κ2) is 10.5. The molecule has 0 bridgehead atoms. The van der Waals surface area contributed by atoms with Crippen LogP contribution < -0.4 is 20.1 Å². The fourth-order valence-electron chi connectivity index (χ4n) is 2.38. The van der Waals surface area contributed by atoms with Crippen molar-refractivity contribution >= 4 is 17.6 Å². The van der Waals surface area contributed by atoms with Crippen molar-refractivity contribution in [1.82, 2.24) is 10.3 Å². The highest BCUT2D eigenvalue weighted by atomic mass is 19.4. The van der Waals surface area contributed by atoms with Crippen LogP contribution in [0.4, 0.5) is 27.8 Å². The fourth-order valence-corrected chi connectivity index (χ4v) is 2.38. The molecular weight excluding hydrogens is 453 g/mol. The van der Waals surface area contributed by atoms with Crippen LogP contribution in [0.2, 0.25) is 0 Å². The second-order valence-corrected chi connectivity index (χ2v) is 7.28. The van der Waals surface area contributed by atoms with Gasteiger partial charge in [0.05, 0.1) is 6.04 Å². The Hall–Kier alpha value is -3.44. The Morgan fingerprint density at radius 1 is 1.00 bits per heavy atom. The van der Waals surface area contributed by atoms with Gasteiger partial charge in [0, 0.05) is 12.1 Å². The summed E-state index contributed by atoms with van der Waals surface area (Å²) in [5, 5.41) is 5.33. The standard InChI is InChI=1S/C21H22F5N3O4/c1-12(2)19(31)29-17-10-14(8-9-27-17)13(3)28-18(30)11-32-15-4-6-16(7-5-15)33-21(25,26)20(22,23)24/h4-10,12-13H,11H2,1-3H3,(H,28,30)(H,27,29,31). The molecule has 33 heavy (non-hydrogen) atoms. The number of ether oxygens (including phenoxy) is 2. The summed E-state index contributed by atoms with van der Waals surface area (Å²) >= 11 is 0. The predicted octanol–water partition coefficient (Wildman–Crippen LogP) is 4.47. The maximum absolute atomic E-state index is 12.9. The minimum atomic E-state index is -5.85. The maximum Gasteiger partial charge on any atom is 0.499 e. The van der Waals surface area contributed by atoms with Crippen LogP contribution in [-0.4, -0.2) is 35.7 Å². The third-order valence-electron chi connectivity index (χ3n) is 4.21. The molecule has 1 unspecified atom stereocenters. The largest absolute Gasteiger partial charge is 0.499 e. The first-order valence-corrected chi connectivity index (χ1v) is 9.71. The van der Waals surface area contributed by atoms with Crippen LogP contribution in [0.3, 0.4) is 0 Å². The van der Waals surface area contributed by atoms with Crippen LogP contribution in [-0.2, 0) is 9.59 Å². The Bertz CT molecular complexity index is 965. The Balaban J connectivity index is 1.88. The molecule has 0 spiro atoms. The molecule has 1 aromatic carbocycles. The average molecular weight is 475 g/mol. The summed E-state index contributed by atoms with van der Waals surface area (Å²) < 4.78 is 71.2. The minimum Gasteiger partial charge on any atom is -0.484 e. The Morgan fingerprint density at radius 2 is 1.61 bits per heavy atom. The van der Waals surface area contributed by atoms with Crippen molar-refractivity contribution < 1.29 is 41.0 Å². The topological polar surface area (TPSA) is 89.6 Å². The molecule has 180 valence electrons. The van der Waals surface area contributed by atoms with E-state index in [0.717, 1.165) is 24.3 Å². The zero-order valence-corrected chi connectivity index (χ0v) is 17.9. The van der Waals surface area contributed by atoms with Crippen molar-refractivity contribution in [2.75, 3.05) is 11.9 Å². The molecule has 0 saturated heterocycles. The lowest BCUT2D eigenvalue weighted by atomic mass is 10.1. The van der Waals surface area contributed by atoms with Gasteiger partial charge in [-0.25, -0.2) is 4.98 Å². The lowest BCUT2D eigenvalue weighted by molar-refractivity contribution is -0.360. The zero-order chi connectivity index (χ0) is 24.8. The number of carbonyl (C=O) groups is 2. The van der Waals surface area contributed by atoms with Gasteiger partial charge < -0.3 is 20.1 Å². The molecule has 2 amide bonds. The van der Waals surface area contributed by atoms with Gasteiger partial charge in [0.2, 0.25) is 5.91 Å². The summed E-state index contributed by atoms with van der Waals surface area (Å²) in [6.45, 7) is 4.74. The number of alkyl halides is 5. The summed E-state index contributed by atoms with van der Waals surface area (Å²) in [6, 6.07) is 6.71. The molecule has 1 heterocycles. The van der Waals surface area contributed by atoms with Crippen molar-refractivity contribution in [1.29, 1.82) is 0 Å². The molecule has 1 aromatic heterocycles. The zero-order valence-electron chi connectivity index (χ0n) is 17.9. The van der Waals surface area contributed by atoms with E-state index >= 15 is 0 Å². The number of anilines is 1. The molecule has 0 fully saturated rings. The molecule has 2 N–H and O–H groups in total. The van der Waals surface area contributed by atoms with Gasteiger partial charge in [0.25, 0.3) is 5.91 Å². The van der Waals surface area contributed by atoms with E-state index in [2.05, 4.69) is 20.4 Å². The average Bonchev–Trinajstić information content (AvgIpc) is 2.72. The number of hydrogen-bond acceptors (Lipinski definition) is 5. The lowest BCUT2D eigenvalue weighted by Crippen LogP contribution is -2.41. The van der Waals surface area contributed by atoms with Crippen LogP contribution in [0, 0.1) is 5.92 Å². The molecule has 2 aromatic rings. The second-order valence-electron chi connectivity index (χ2n) is 7.28. The molecule has 1 atom stereocenters. The van der Waals surface area contributed by atoms with E-state index in [1.807, 2.05) is 0 Å². The minimum absolute atomic E-state index is 0.0584. The predicted molar refractivity (Wildman–Crippen MR) is 108 cm³/mol. The first-order chi connectivity index (χ1) is 15.3.